The first kappa shape index (κ1) is 29.8. The van der Waals surface area contributed by atoms with Gasteiger partial charge in [0.25, 0.3) is 0 Å². The van der Waals surface area contributed by atoms with Crippen molar-refractivity contribution in [3.05, 3.63) is 47.5 Å². The molecule has 1 unspecified atom stereocenters. The van der Waals surface area contributed by atoms with Gasteiger partial charge in [0.05, 0.1) is 6.04 Å². The van der Waals surface area contributed by atoms with Gasteiger partial charge in [-0.15, -0.1) is 0 Å². The fourth-order valence-electron chi connectivity index (χ4n) is 4.43. The Kier molecular flexibility index (Phi) is 10.6. The summed E-state index contributed by atoms with van der Waals surface area (Å²) in [6.07, 6.45) is 1.14. The maximum Gasteiger partial charge on any atom is 0.243 e. The second-order valence-electron chi connectivity index (χ2n) is 9.84. The van der Waals surface area contributed by atoms with Crippen LogP contribution in [0.5, 0.6) is 11.5 Å². The zero-order valence-corrected chi connectivity index (χ0v) is 21.9. The molecule has 12 nitrogen and oxygen atoms in total. The van der Waals surface area contributed by atoms with Crippen LogP contribution in [0.4, 0.5) is 0 Å². The van der Waals surface area contributed by atoms with Gasteiger partial charge in [0.2, 0.25) is 17.7 Å². The molecule has 0 saturated heterocycles. The quantitative estimate of drug-likeness (QED) is 0.193. The number of fused-ring (bicyclic) bond motifs is 5. The van der Waals surface area contributed by atoms with E-state index in [1.165, 1.54) is 12.1 Å². The van der Waals surface area contributed by atoms with Gasteiger partial charge in [0, 0.05) is 25.4 Å². The average molecular weight is 542 g/mol. The molecule has 4 bridgehead atoms. The predicted molar refractivity (Wildman–Crippen MR) is 147 cm³/mol. The van der Waals surface area contributed by atoms with Crippen LogP contribution in [0.1, 0.15) is 30.4 Å². The smallest absolute Gasteiger partial charge is 0.243 e. The molecule has 0 radical (unpaired) electrons. The Morgan fingerprint density at radius 3 is 2.15 bits per heavy atom. The number of nitrogens with two attached hydrogens (primary N) is 4. The van der Waals surface area contributed by atoms with E-state index in [4.69, 9.17) is 22.9 Å². The number of rotatable bonds is 8. The zero-order valence-electron chi connectivity index (χ0n) is 21.9. The molecule has 0 spiro atoms. The summed E-state index contributed by atoms with van der Waals surface area (Å²) >= 11 is 0. The van der Waals surface area contributed by atoms with Crippen LogP contribution in [0.2, 0.25) is 0 Å². The maximum atomic E-state index is 13.3. The van der Waals surface area contributed by atoms with E-state index in [9.17, 15) is 24.6 Å². The first-order chi connectivity index (χ1) is 18.6. The van der Waals surface area contributed by atoms with Crippen molar-refractivity contribution < 1.29 is 24.6 Å². The topological polar surface area (TPSA) is 232 Å². The Morgan fingerprint density at radius 1 is 0.949 bits per heavy atom. The van der Waals surface area contributed by atoms with Crippen LogP contribution in [0.15, 0.2) is 36.4 Å². The summed E-state index contributed by atoms with van der Waals surface area (Å²) in [5.74, 6) is -1.75. The minimum Gasteiger partial charge on any atom is -0.508 e. The third-order valence-electron chi connectivity index (χ3n) is 6.73. The third-order valence-corrected chi connectivity index (χ3v) is 6.73. The van der Waals surface area contributed by atoms with Crippen LogP contribution in [-0.4, -0.2) is 71.7 Å². The molecule has 39 heavy (non-hydrogen) atoms. The highest BCUT2D eigenvalue weighted by Crippen LogP contribution is 2.30. The molecule has 0 saturated carbocycles. The molecule has 2 aromatic rings. The van der Waals surface area contributed by atoms with Crippen molar-refractivity contribution in [2.24, 2.45) is 22.9 Å². The summed E-state index contributed by atoms with van der Waals surface area (Å²) in [7, 11) is 0. The lowest BCUT2D eigenvalue weighted by molar-refractivity contribution is -0.132. The summed E-state index contributed by atoms with van der Waals surface area (Å²) in [6, 6.07) is 6.33. The van der Waals surface area contributed by atoms with Crippen molar-refractivity contribution in [3.63, 3.8) is 0 Å². The number of phenols is 2. The molecule has 0 aliphatic carbocycles. The van der Waals surface area contributed by atoms with Gasteiger partial charge in [-0.1, -0.05) is 12.1 Å². The fourth-order valence-corrected chi connectivity index (χ4v) is 4.43. The van der Waals surface area contributed by atoms with Crippen molar-refractivity contribution in [2.45, 2.75) is 56.3 Å². The summed E-state index contributed by atoms with van der Waals surface area (Å²) in [5, 5.41) is 29.2. The van der Waals surface area contributed by atoms with E-state index in [0.29, 0.717) is 41.6 Å². The molecule has 12 heteroatoms. The van der Waals surface area contributed by atoms with Gasteiger partial charge in [-0.25, -0.2) is 0 Å². The summed E-state index contributed by atoms with van der Waals surface area (Å²) < 4.78 is 0. The number of amides is 3. The molecule has 4 atom stereocenters. The molecule has 0 fully saturated rings. The molecule has 1 aliphatic rings. The molecule has 2 aromatic carbocycles. The first-order valence-corrected chi connectivity index (χ1v) is 13.1. The molecule has 3 rings (SSSR count). The van der Waals surface area contributed by atoms with Gasteiger partial charge in [0.15, 0.2) is 0 Å². The largest absolute Gasteiger partial charge is 0.508 e. The van der Waals surface area contributed by atoms with Crippen LogP contribution >= 0.6 is 0 Å². The van der Waals surface area contributed by atoms with E-state index >= 15 is 0 Å². The SMILES string of the molecule is NCCC[C@@H]1NC(=O)C(N)Cc2cc(ccc2O)-c2ccc(O)c(c2)C[C@@H](C(=O)NC[C@@H](N)CCN)NC1=O. The van der Waals surface area contributed by atoms with Gasteiger partial charge in [-0.05, 0) is 78.9 Å². The summed E-state index contributed by atoms with van der Waals surface area (Å²) in [5.41, 5.74) is 25.6. The van der Waals surface area contributed by atoms with Gasteiger partial charge >= 0.3 is 0 Å². The predicted octanol–water partition coefficient (Wildman–Crippen LogP) is -1.31. The Hall–Kier alpha value is -3.71. The molecule has 212 valence electrons. The Labute approximate surface area is 227 Å². The van der Waals surface area contributed by atoms with E-state index in [-0.39, 0.29) is 49.9 Å². The summed E-state index contributed by atoms with van der Waals surface area (Å²) in [4.78, 5) is 39.5. The fraction of sp³-hybridized carbons (Fsp3) is 0.444. The second-order valence-corrected chi connectivity index (χ2v) is 9.84. The van der Waals surface area contributed by atoms with E-state index in [1.54, 1.807) is 24.3 Å². The number of benzene rings is 2. The highest BCUT2D eigenvalue weighted by molar-refractivity contribution is 5.93. The zero-order chi connectivity index (χ0) is 28.5. The lowest BCUT2D eigenvalue weighted by atomic mass is 9.95. The van der Waals surface area contributed by atoms with Crippen LogP contribution in [-0.2, 0) is 27.2 Å². The average Bonchev–Trinajstić information content (AvgIpc) is 2.91. The van der Waals surface area contributed by atoms with Gasteiger partial charge < -0.3 is 49.1 Å². The molecular formula is C27H39N7O5. The van der Waals surface area contributed by atoms with Crippen LogP contribution in [0.25, 0.3) is 11.1 Å². The number of carbonyl (C=O) groups excluding carboxylic acids is 3. The number of aromatic hydroxyl groups is 2. The lowest BCUT2D eigenvalue weighted by Crippen LogP contribution is -2.57. The van der Waals surface area contributed by atoms with E-state index < -0.39 is 35.8 Å². The monoisotopic (exact) mass is 541 g/mol. The van der Waals surface area contributed by atoms with Crippen molar-refractivity contribution in [1.29, 1.82) is 0 Å². The minimum absolute atomic E-state index is 0.0210. The highest BCUT2D eigenvalue weighted by Gasteiger charge is 2.29. The van der Waals surface area contributed by atoms with Crippen molar-refractivity contribution in [1.82, 2.24) is 16.0 Å². The molecule has 1 heterocycles. The Balaban J connectivity index is 2.03. The van der Waals surface area contributed by atoms with Gasteiger partial charge in [-0.2, -0.15) is 0 Å². The van der Waals surface area contributed by atoms with Crippen molar-refractivity contribution in [2.75, 3.05) is 19.6 Å². The number of carbonyl (C=O) groups is 3. The highest BCUT2D eigenvalue weighted by atomic mass is 16.3. The molecule has 3 amide bonds. The van der Waals surface area contributed by atoms with E-state index in [0.717, 1.165) is 0 Å². The van der Waals surface area contributed by atoms with Crippen LogP contribution < -0.4 is 38.9 Å². The van der Waals surface area contributed by atoms with Crippen molar-refractivity contribution >= 4 is 17.7 Å². The lowest BCUT2D eigenvalue weighted by Gasteiger charge is -2.25. The Bertz CT molecular complexity index is 1180. The maximum absolute atomic E-state index is 13.3. The third kappa shape index (κ3) is 8.14. The second kappa shape index (κ2) is 13.9. The first-order valence-electron chi connectivity index (χ1n) is 13.1. The number of nitrogens with one attached hydrogen (secondary N) is 3. The van der Waals surface area contributed by atoms with Crippen LogP contribution in [0, 0.1) is 0 Å². The van der Waals surface area contributed by atoms with Gasteiger partial charge in [-0.3, -0.25) is 14.4 Å². The number of hydrogen-bond acceptors (Lipinski definition) is 9. The molecular weight excluding hydrogens is 502 g/mol. The Morgan fingerprint density at radius 2 is 1.56 bits per heavy atom. The molecule has 13 N–H and O–H groups in total. The number of hydrogen-bond donors (Lipinski definition) is 9. The normalized spacial score (nSPS) is 20.7. The number of phenolic OH excluding ortho intramolecular Hbond substituents is 2. The van der Waals surface area contributed by atoms with E-state index in [1.807, 2.05) is 0 Å². The van der Waals surface area contributed by atoms with Gasteiger partial charge in [0.1, 0.15) is 23.6 Å². The molecule has 0 aromatic heterocycles. The van der Waals surface area contributed by atoms with Crippen molar-refractivity contribution in [3.8, 4) is 22.6 Å². The minimum atomic E-state index is -1.09. The van der Waals surface area contributed by atoms with E-state index in [2.05, 4.69) is 16.0 Å². The van der Waals surface area contributed by atoms with Crippen LogP contribution in [0.3, 0.4) is 0 Å². The molecule has 1 aliphatic heterocycles. The summed E-state index contributed by atoms with van der Waals surface area (Å²) in [6.45, 7) is 0.796. The standard InChI is InChI=1S/C27H39N7O5/c28-8-1-2-21-27(39)34-22(26(38)32-14-19(30)7-9-29)13-18-11-16(4-6-24(18)36)15-3-5-23(35)17(10-15)12-20(31)25(37)33-21/h3-6,10-11,19-22,35-36H,1-2,7-9,12-14,28-31H2,(H,32,38)(H,33,37)(H,34,39)/t19-,20?,21-,22-/m0/s1.